The number of nitrogens with zero attached hydrogens (tertiary/aromatic N) is 3. The monoisotopic (exact) mass is 685 g/mol. The molecule has 0 saturated heterocycles. The van der Waals surface area contributed by atoms with Crippen LogP contribution in [0.2, 0.25) is 0 Å². The summed E-state index contributed by atoms with van der Waals surface area (Å²) >= 11 is 7.26. The van der Waals surface area contributed by atoms with Gasteiger partial charge in [-0.3, -0.25) is 10.1 Å². The van der Waals surface area contributed by atoms with E-state index in [1.165, 1.54) is 27.4 Å². The number of non-ortho nitro benzene ring substituents is 1. The summed E-state index contributed by atoms with van der Waals surface area (Å²) in [7, 11) is 0. The molecule has 0 fully saturated rings. The van der Waals surface area contributed by atoms with Gasteiger partial charge in [0.15, 0.2) is 0 Å². The highest BCUT2D eigenvalue weighted by Gasteiger charge is 2.22. The Morgan fingerprint density at radius 3 is 1.84 bits per heavy atom. The van der Waals surface area contributed by atoms with Crippen molar-refractivity contribution in [3.63, 3.8) is 0 Å². The molecule has 0 aliphatic carbocycles. The molecule has 206 valence electrons. The van der Waals surface area contributed by atoms with E-state index in [-0.39, 0.29) is 10.6 Å². The minimum Gasteiger partial charge on any atom is -0.309 e. The van der Waals surface area contributed by atoms with Crippen LogP contribution >= 0.6 is 31.9 Å². The third kappa shape index (κ3) is 3.96. The van der Waals surface area contributed by atoms with Gasteiger partial charge in [0.2, 0.25) is 0 Å². The van der Waals surface area contributed by atoms with Crippen LogP contribution in [0.5, 0.6) is 0 Å². The molecule has 0 amide bonds. The Morgan fingerprint density at radius 2 is 1.14 bits per heavy atom. The molecule has 0 radical (unpaired) electrons. The van der Waals surface area contributed by atoms with Crippen molar-refractivity contribution in [2.24, 2.45) is 0 Å². The number of fused-ring (bicyclic) bond motifs is 6. The molecule has 2 heterocycles. The predicted octanol–water partition coefficient (Wildman–Crippen LogP) is 11.0. The summed E-state index contributed by atoms with van der Waals surface area (Å²) in [5.74, 6) is 0. The fourth-order valence-electron chi connectivity index (χ4n) is 6.35. The zero-order chi connectivity index (χ0) is 29.2. The van der Waals surface area contributed by atoms with Gasteiger partial charge in [0, 0.05) is 53.9 Å². The Bertz CT molecular complexity index is 2380. The summed E-state index contributed by atoms with van der Waals surface area (Å²) in [6.45, 7) is 0. The molecule has 0 unspecified atom stereocenters. The fourth-order valence-corrected chi connectivity index (χ4v) is 7.87. The zero-order valence-corrected chi connectivity index (χ0v) is 25.7. The maximum absolute atomic E-state index is 11.5. The predicted molar refractivity (Wildman–Crippen MR) is 183 cm³/mol. The number of benzene rings is 6. The first-order chi connectivity index (χ1) is 21.0. The van der Waals surface area contributed by atoms with Crippen LogP contribution < -0.4 is 0 Å². The van der Waals surface area contributed by atoms with Gasteiger partial charge in [-0.2, -0.15) is 0 Å². The van der Waals surface area contributed by atoms with E-state index in [0.717, 1.165) is 38.7 Å². The summed E-state index contributed by atoms with van der Waals surface area (Å²) in [6.07, 6.45) is 0. The third-order valence-electron chi connectivity index (χ3n) is 8.13. The van der Waals surface area contributed by atoms with Crippen LogP contribution in [-0.4, -0.2) is 14.1 Å². The summed E-state index contributed by atoms with van der Waals surface area (Å²) in [5, 5.41) is 16.1. The molecule has 0 aliphatic rings. The van der Waals surface area contributed by atoms with Crippen LogP contribution in [0.25, 0.3) is 66.1 Å². The molecule has 2 aromatic heterocycles. The largest absolute Gasteiger partial charge is 0.309 e. The average Bonchev–Trinajstić information content (AvgIpc) is 3.54. The first-order valence-corrected chi connectivity index (χ1v) is 15.3. The number of hydrogen-bond acceptors (Lipinski definition) is 2. The first-order valence-electron chi connectivity index (χ1n) is 13.8. The van der Waals surface area contributed by atoms with Gasteiger partial charge in [-0.15, -0.1) is 0 Å². The summed E-state index contributed by atoms with van der Waals surface area (Å²) in [4.78, 5) is 11.2. The molecule has 43 heavy (non-hydrogen) atoms. The third-order valence-corrected chi connectivity index (χ3v) is 9.34. The maximum Gasteiger partial charge on any atom is 0.271 e. The van der Waals surface area contributed by atoms with Gasteiger partial charge in [-0.1, -0.05) is 84.9 Å². The molecule has 0 spiro atoms. The van der Waals surface area contributed by atoms with Crippen LogP contribution in [-0.2, 0) is 0 Å². The van der Waals surface area contributed by atoms with Crippen molar-refractivity contribution in [3.05, 3.63) is 146 Å². The average molecular weight is 687 g/mol. The SMILES string of the molecule is O=[N+]([O-])c1cc(Br)c(-n2c3ccccc3c3cc(-n4c5ccccc5c5cccc(-c6ccccc6)c54)ccc32)c(Br)c1. The Morgan fingerprint density at radius 1 is 0.558 bits per heavy atom. The maximum atomic E-state index is 11.5. The van der Waals surface area contributed by atoms with E-state index in [9.17, 15) is 10.1 Å². The molecular formula is C36H21Br2N3O2. The highest BCUT2D eigenvalue weighted by Crippen LogP contribution is 2.42. The number of nitro groups is 1. The summed E-state index contributed by atoms with van der Waals surface area (Å²) < 4.78 is 5.80. The molecule has 6 aromatic carbocycles. The van der Waals surface area contributed by atoms with E-state index < -0.39 is 0 Å². The van der Waals surface area contributed by atoms with E-state index in [4.69, 9.17) is 0 Å². The number of halogens is 2. The minimum absolute atomic E-state index is 0.0196. The second kappa shape index (κ2) is 9.93. The van der Waals surface area contributed by atoms with Gasteiger partial charge >= 0.3 is 0 Å². The molecule has 0 aliphatic heterocycles. The van der Waals surface area contributed by atoms with Crippen molar-refractivity contribution in [2.45, 2.75) is 0 Å². The van der Waals surface area contributed by atoms with Crippen molar-refractivity contribution in [2.75, 3.05) is 0 Å². The van der Waals surface area contributed by atoms with Crippen LogP contribution in [0.4, 0.5) is 5.69 Å². The van der Waals surface area contributed by atoms with E-state index in [1.807, 2.05) is 18.2 Å². The topological polar surface area (TPSA) is 53.0 Å². The number of rotatable bonds is 4. The molecule has 7 heteroatoms. The highest BCUT2D eigenvalue weighted by atomic mass is 79.9. The second-order valence-corrected chi connectivity index (χ2v) is 12.2. The molecule has 0 N–H and O–H groups in total. The molecule has 0 bridgehead atoms. The van der Waals surface area contributed by atoms with Crippen LogP contribution in [0.3, 0.4) is 0 Å². The second-order valence-electron chi connectivity index (χ2n) is 10.5. The van der Waals surface area contributed by atoms with Crippen molar-refractivity contribution in [3.8, 4) is 22.5 Å². The first kappa shape index (κ1) is 25.9. The van der Waals surface area contributed by atoms with E-state index in [0.29, 0.717) is 8.95 Å². The molecular weight excluding hydrogens is 666 g/mol. The van der Waals surface area contributed by atoms with Crippen molar-refractivity contribution >= 4 is 81.2 Å². The lowest BCUT2D eigenvalue weighted by atomic mass is 10.0. The van der Waals surface area contributed by atoms with Crippen molar-refractivity contribution in [1.29, 1.82) is 0 Å². The van der Waals surface area contributed by atoms with Gasteiger partial charge in [0.25, 0.3) is 5.69 Å². The number of aromatic nitrogens is 2. The molecule has 5 nitrogen and oxygen atoms in total. The lowest BCUT2D eigenvalue weighted by molar-refractivity contribution is -0.385. The van der Waals surface area contributed by atoms with Gasteiger partial charge in [-0.05, 0) is 67.8 Å². The standard InChI is InChI=1S/C36H21Br2N3O2/c37-30-20-24(41(42)43)21-31(38)36(30)40-33-16-7-5-12-27(33)29-19-23(17-18-34(29)40)39-32-15-6-4-11-26(32)28-14-8-13-25(35(28)39)22-9-2-1-3-10-22/h1-21H. The Kier molecular flexibility index (Phi) is 6.00. The van der Waals surface area contributed by atoms with Crippen molar-refractivity contribution < 1.29 is 4.92 Å². The fraction of sp³-hybridized carbons (Fsp3) is 0. The Hall–Kier alpha value is -4.72. The Balaban J connectivity index is 1.46. The highest BCUT2D eigenvalue weighted by molar-refractivity contribution is 9.11. The smallest absolute Gasteiger partial charge is 0.271 e. The Labute approximate surface area is 263 Å². The van der Waals surface area contributed by atoms with Crippen LogP contribution in [0.15, 0.2) is 136 Å². The minimum atomic E-state index is -0.382. The van der Waals surface area contributed by atoms with Gasteiger partial charge in [-0.25, -0.2) is 0 Å². The van der Waals surface area contributed by atoms with Gasteiger partial charge in [0.1, 0.15) is 0 Å². The van der Waals surface area contributed by atoms with Crippen molar-refractivity contribution in [1.82, 2.24) is 9.13 Å². The number of para-hydroxylation sites is 3. The molecule has 0 saturated carbocycles. The summed E-state index contributed by atoms with van der Waals surface area (Å²) in [5.41, 5.74) is 8.56. The summed E-state index contributed by atoms with van der Waals surface area (Å²) in [6, 6.07) is 43.6. The number of hydrogen-bond donors (Lipinski definition) is 0. The molecule has 8 aromatic rings. The van der Waals surface area contributed by atoms with Crippen LogP contribution in [0.1, 0.15) is 0 Å². The van der Waals surface area contributed by atoms with Gasteiger partial charge < -0.3 is 9.13 Å². The van der Waals surface area contributed by atoms with E-state index >= 15 is 0 Å². The van der Waals surface area contributed by atoms with Crippen LogP contribution in [0, 0.1) is 10.1 Å². The van der Waals surface area contributed by atoms with E-state index in [2.05, 4.69) is 138 Å². The zero-order valence-electron chi connectivity index (χ0n) is 22.5. The quantitative estimate of drug-likeness (QED) is 0.137. The van der Waals surface area contributed by atoms with E-state index in [1.54, 1.807) is 12.1 Å². The lowest BCUT2D eigenvalue weighted by Crippen LogP contribution is -1.99. The lowest BCUT2D eigenvalue weighted by Gasteiger charge is -2.14. The normalized spacial score (nSPS) is 11.7. The number of nitro benzene ring substituents is 1. The van der Waals surface area contributed by atoms with Gasteiger partial charge in [0.05, 0.1) is 32.7 Å². The molecule has 0 atom stereocenters. The molecule has 8 rings (SSSR count).